The van der Waals surface area contributed by atoms with E-state index in [1.807, 2.05) is 13.8 Å². The topological polar surface area (TPSA) is 97.2 Å². The minimum absolute atomic E-state index is 0.0130. The molecule has 1 unspecified atom stereocenters. The number of thioether (sulfide) groups is 2. The second-order valence-electron chi connectivity index (χ2n) is 5.83. The predicted octanol–water partition coefficient (Wildman–Crippen LogP) is 3.10. The number of hydrogen-bond donors (Lipinski definition) is 1. The fourth-order valence-corrected chi connectivity index (χ4v) is 4.43. The van der Waals surface area contributed by atoms with Crippen LogP contribution in [0.3, 0.4) is 0 Å². The van der Waals surface area contributed by atoms with Crippen molar-refractivity contribution in [3.05, 3.63) is 40.3 Å². The first-order chi connectivity index (χ1) is 12.9. The summed E-state index contributed by atoms with van der Waals surface area (Å²) >= 11 is 2.55. The number of ether oxygens (including phenoxy) is 1. The van der Waals surface area contributed by atoms with E-state index in [-0.39, 0.29) is 34.2 Å². The Morgan fingerprint density at radius 1 is 1.26 bits per heavy atom. The molecule has 1 atom stereocenters. The first kappa shape index (κ1) is 19.4. The molecule has 2 aliphatic rings. The van der Waals surface area contributed by atoms with Gasteiger partial charge in [0.1, 0.15) is 5.92 Å². The summed E-state index contributed by atoms with van der Waals surface area (Å²) in [4.78, 5) is 45.7. The molecule has 0 fully saturated rings. The molecular formula is C18H17N3O4S2. The molecular weight excluding hydrogens is 386 g/mol. The Morgan fingerprint density at radius 2 is 2.00 bits per heavy atom. The average Bonchev–Trinajstić information content (AvgIpc) is 2.94. The molecule has 0 saturated heterocycles. The molecule has 27 heavy (non-hydrogen) atoms. The quantitative estimate of drug-likeness (QED) is 0.776. The number of para-hydroxylation sites is 1. The van der Waals surface area contributed by atoms with E-state index in [0.29, 0.717) is 10.7 Å². The first-order valence-electron chi connectivity index (χ1n) is 8.07. The molecule has 3 rings (SSSR count). The number of anilines is 1. The van der Waals surface area contributed by atoms with Crippen molar-refractivity contribution in [3.63, 3.8) is 0 Å². The summed E-state index contributed by atoms with van der Waals surface area (Å²) in [5.74, 6) is -1.48. The molecule has 9 heteroatoms. The Labute approximate surface area is 164 Å². The number of allylic oxidation sites excluding steroid dienone is 1. The number of fused-ring (bicyclic) bond motifs is 1. The van der Waals surface area contributed by atoms with Gasteiger partial charge in [0.25, 0.3) is 5.91 Å². The zero-order chi connectivity index (χ0) is 19.6. The van der Waals surface area contributed by atoms with E-state index in [2.05, 4.69) is 15.3 Å². The molecule has 140 valence electrons. The van der Waals surface area contributed by atoms with Crippen molar-refractivity contribution in [1.29, 1.82) is 0 Å². The number of hydrogen-bond acceptors (Lipinski definition) is 7. The number of benzene rings is 1. The molecule has 2 heterocycles. The van der Waals surface area contributed by atoms with Crippen molar-refractivity contribution in [1.82, 2.24) is 0 Å². The lowest BCUT2D eigenvalue weighted by Gasteiger charge is -2.14. The van der Waals surface area contributed by atoms with E-state index in [1.54, 1.807) is 24.3 Å². The highest BCUT2D eigenvalue weighted by Crippen LogP contribution is 2.40. The van der Waals surface area contributed by atoms with Crippen molar-refractivity contribution < 1.29 is 19.1 Å². The minimum Gasteiger partial charge on any atom is -0.465 e. The van der Waals surface area contributed by atoms with Crippen LogP contribution in [0.15, 0.2) is 44.7 Å². The largest absolute Gasteiger partial charge is 0.465 e. The van der Waals surface area contributed by atoms with Gasteiger partial charge in [-0.1, -0.05) is 35.7 Å². The lowest BCUT2D eigenvalue weighted by atomic mass is 10.0. The SMILES string of the molecule is COC(=O)c1ccccc1NC(=O)CSC1=NC(=O)C2C(=N1)SC(C)=C2C. The Balaban J connectivity index is 1.63. The summed E-state index contributed by atoms with van der Waals surface area (Å²) in [5, 5.41) is 3.66. The van der Waals surface area contributed by atoms with Gasteiger partial charge in [-0.25, -0.2) is 9.79 Å². The summed E-state index contributed by atoms with van der Waals surface area (Å²) in [6.07, 6.45) is 0. The predicted molar refractivity (Wildman–Crippen MR) is 108 cm³/mol. The number of esters is 1. The van der Waals surface area contributed by atoms with Gasteiger partial charge in [0.2, 0.25) is 5.91 Å². The van der Waals surface area contributed by atoms with Gasteiger partial charge < -0.3 is 10.1 Å². The van der Waals surface area contributed by atoms with Gasteiger partial charge in [-0.15, -0.1) is 0 Å². The molecule has 1 N–H and O–H groups in total. The van der Waals surface area contributed by atoms with E-state index in [4.69, 9.17) is 4.74 Å². The van der Waals surface area contributed by atoms with Gasteiger partial charge in [0, 0.05) is 0 Å². The average molecular weight is 403 g/mol. The summed E-state index contributed by atoms with van der Waals surface area (Å²) in [5.41, 5.74) is 1.62. The normalized spacial score (nSPS) is 18.6. The van der Waals surface area contributed by atoms with Crippen LogP contribution >= 0.6 is 23.5 Å². The van der Waals surface area contributed by atoms with Gasteiger partial charge in [0.05, 0.1) is 29.2 Å². The van der Waals surface area contributed by atoms with E-state index in [1.165, 1.54) is 18.9 Å². The summed E-state index contributed by atoms with van der Waals surface area (Å²) in [6.45, 7) is 3.86. The van der Waals surface area contributed by atoms with Crippen LogP contribution in [0.25, 0.3) is 0 Å². The van der Waals surface area contributed by atoms with Crippen LogP contribution in [0, 0.1) is 5.92 Å². The Kier molecular flexibility index (Phi) is 5.81. The fraction of sp³-hybridized carbons (Fsp3) is 0.278. The smallest absolute Gasteiger partial charge is 0.339 e. The molecule has 1 aromatic rings. The van der Waals surface area contributed by atoms with Crippen molar-refractivity contribution in [2.75, 3.05) is 18.2 Å². The number of amidine groups is 1. The number of nitrogens with one attached hydrogen (secondary N) is 1. The van der Waals surface area contributed by atoms with E-state index in [9.17, 15) is 14.4 Å². The van der Waals surface area contributed by atoms with Crippen molar-refractivity contribution in [3.8, 4) is 0 Å². The van der Waals surface area contributed by atoms with Crippen LogP contribution < -0.4 is 5.32 Å². The number of nitrogens with zero attached hydrogens (tertiary/aromatic N) is 2. The maximum absolute atomic E-state index is 12.2. The van der Waals surface area contributed by atoms with E-state index >= 15 is 0 Å². The zero-order valence-electron chi connectivity index (χ0n) is 14.9. The number of amides is 2. The first-order valence-corrected chi connectivity index (χ1v) is 9.87. The zero-order valence-corrected chi connectivity index (χ0v) is 16.6. The standard InChI is InChI=1S/C18H17N3O4S2/c1-9-10(2)27-16-14(9)15(23)20-18(21-16)26-8-13(22)19-12-7-5-4-6-11(12)17(24)25-3/h4-7,14H,8H2,1-3H3,(H,19,22). The molecule has 0 spiro atoms. The highest BCUT2D eigenvalue weighted by atomic mass is 32.2. The molecule has 0 aromatic heterocycles. The van der Waals surface area contributed by atoms with Gasteiger partial charge in [0.15, 0.2) is 5.17 Å². The molecule has 2 aliphatic heterocycles. The third-order valence-electron chi connectivity index (χ3n) is 4.09. The second kappa shape index (κ2) is 8.10. The third kappa shape index (κ3) is 4.14. The second-order valence-corrected chi connectivity index (χ2v) is 8.01. The van der Waals surface area contributed by atoms with Crippen molar-refractivity contribution in [2.45, 2.75) is 13.8 Å². The van der Waals surface area contributed by atoms with Gasteiger partial charge in [-0.2, -0.15) is 4.99 Å². The minimum atomic E-state index is -0.533. The van der Waals surface area contributed by atoms with Crippen LogP contribution in [0.4, 0.5) is 5.69 Å². The number of carbonyl (C=O) groups excluding carboxylic acids is 3. The van der Waals surface area contributed by atoms with E-state index in [0.717, 1.165) is 22.2 Å². The number of carbonyl (C=O) groups is 3. The Morgan fingerprint density at radius 3 is 2.74 bits per heavy atom. The maximum atomic E-state index is 12.2. The highest BCUT2D eigenvalue weighted by molar-refractivity contribution is 8.18. The Hall–Kier alpha value is -2.39. The number of aliphatic imine (C=N–C) groups is 2. The monoisotopic (exact) mass is 403 g/mol. The highest BCUT2D eigenvalue weighted by Gasteiger charge is 2.36. The summed E-state index contributed by atoms with van der Waals surface area (Å²) < 4.78 is 4.71. The van der Waals surface area contributed by atoms with Crippen molar-refractivity contribution in [2.24, 2.45) is 15.9 Å². The van der Waals surface area contributed by atoms with Gasteiger partial charge in [-0.3, -0.25) is 9.59 Å². The maximum Gasteiger partial charge on any atom is 0.339 e. The van der Waals surface area contributed by atoms with Crippen LogP contribution in [0.2, 0.25) is 0 Å². The Bertz CT molecular complexity index is 921. The van der Waals surface area contributed by atoms with Crippen LogP contribution in [-0.4, -0.2) is 40.9 Å². The fourth-order valence-electron chi connectivity index (χ4n) is 2.60. The summed E-state index contributed by atoms with van der Waals surface area (Å²) in [6, 6.07) is 6.58. The molecule has 0 aliphatic carbocycles. The van der Waals surface area contributed by atoms with Gasteiger partial charge >= 0.3 is 5.97 Å². The third-order valence-corrected chi connectivity index (χ3v) is 6.10. The van der Waals surface area contributed by atoms with Gasteiger partial charge in [-0.05, 0) is 36.5 Å². The van der Waals surface area contributed by atoms with Crippen LogP contribution in [-0.2, 0) is 14.3 Å². The lowest BCUT2D eigenvalue weighted by Crippen LogP contribution is -2.24. The van der Waals surface area contributed by atoms with Crippen LogP contribution in [0.5, 0.6) is 0 Å². The molecule has 7 nitrogen and oxygen atoms in total. The van der Waals surface area contributed by atoms with Crippen molar-refractivity contribution >= 4 is 57.2 Å². The molecule has 0 radical (unpaired) electrons. The molecule has 1 aromatic carbocycles. The molecule has 0 bridgehead atoms. The molecule has 0 saturated carbocycles. The number of rotatable bonds is 4. The number of methoxy groups -OCH3 is 1. The molecule has 2 amide bonds. The van der Waals surface area contributed by atoms with E-state index < -0.39 is 5.97 Å². The van der Waals surface area contributed by atoms with Crippen LogP contribution in [0.1, 0.15) is 24.2 Å². The lowest BCUT2D eigenvalue weighted by molar-refractivity contribution is -0.118. The summed E-state index contributed by atoms with van der Waals surface area (Å²) in [7, 11) is 1.28.